The topological polar surface area (TPSA) is 23.8 Å². The van der Waals surface area contributed by atoms with E-state index in [4.69, 9.17) is 5.26 Å². The van der Waals surface area contributed by atoms with E-state index in [1.807, 2.05) is 0 Å². The molecule has 0 aliphatic heterocycles. The number of rotatable bonds is 0. The van der Waals surface area contributed by atoms with Crippen molar-refractivity contribution in [2.24, 2.45) is 0 Å². The van der Waals surface area contributed by atoms with Gasteiger partial charge < -0.3 is 0 Å². The molecule has 0 spiro atoms. The molecule has 0 aliphatic rings. The Morgan fingerprint density at radius 2 is 2.00 bits per heavy atom. The number of benzene rings is 1. The van der Waals surface area contributed by atoms with Gasteiger partial charge in [0, 0.05) is 0 Å². The Bertz CT molecular complexity index is 249. The lowest BCUT2D eigenvalue weighted by Crippen LogP contribution is -1.78. The van der Waals surface area contributed by atoms with E-state index >= 15 is 0 Å². The normalized spacial score (nSPS) is 8.44. The van der Waals surface area contributed by atoms with E-state index < -0.39 is 5.82 Å². The zero-order valence-corrected chi connectivity index (χ0v) is 4.63. The van der Waals surface area contributed by atoms with Gasteiger partial charge in [-0.1, -0.05) is 12.1 Å². The number of hydrogen-bond acceptors (Lipinski definition) is 1. The second kappa shape index (κ2) is 2.27. The molecule has 0 unspecified atom stereocenters. The molecule has 0 amide bonds. The van der Waals surface area contributed by atoms with Crippen molar-refractivity contribution in [3.8, 4) is 6.07 Å². The van der Waals surface area contributed by atoms with Crippen molar-refractivity contribution in [3.05, 3.63) is 35.6 Å². The average Bonchev–Trinajstić information content (AvgIpc) is 1.89. The lowest BCUT2D eigenvalue weighted by molar-refractivity contribution is 0.624. The van der Waals surface area contributed by atoms with E-state index in [-0.39, 0.29) is 5.56 Å². The highest BCUT2D eigenvalue weighted by Gasteiger charge is 1.94. The SMILES string of the molecule is N#Cc1ccccc1[18F]. The zero-order valence-electron chi connectivity index (χ0n) is 4.63. The zero-order chi connectivity index (χ0) is 6.69. The van der Waals surface area contributed by atoms with Crippen LogP contribution in [0.5, 0.6) is 0 Å². The Balaban J connectivity index is 3.20. The molecule has 0 N–H and O–H groups in total. The van der Waals surface area contributed by atoms with Gasteiger partial charge in [-0.25, -0.2) is 4.39 Å². The minimum atomic E-state index is -0.458. The van der Waals surface area contributed by atoms with Gasteiger partial charge in [0.15, 0.2) is 0 Å². The first kappa shape index (κ1) is 5.77. The van der Waals surface area contributed by atoms with Crippen molar-refractivity contribution >= 4 is 0 Å². The van der Waals surface area contributed by atoms with Gasteiger partial charge in [-0.2, -0.15) is 5.26 Å². The highest BCUT2D eigenvalue weighted by molar-refractivity contribution is 5.29. The highest BCUT2D eigenvalue weighted by Crippen LogP contribution is 2.02. The lowest BCUT2D eigenvalue weighted by Gasteiger charge is -1.86. The van der Waals surface area contributed by atoms with Crippen LogP contribution < -0.4 is 0 Å². The summed E-state index contributed by atoms with van der Waals surface area (Å²) in [6.07, 6.45) is 0. The standard InChI is InChI=1S/C7H4FN/c8-7-4-2-1-3-6(7)5-9/h1-4H/i8-1. The highest BCUT2D eigenvalue weighted by atomic mass is 18.2. The Kier molecular flexibility index (Phi) is 1.46. The quantitative estimate of drug-likeness (QED) is 0.511. The molecule has 0 aromatic heterocycles. The average molecular weight is 120 g/mol. The maximum absolute atomic E-state index is 12.4. The van der Waals surface area contributed by atoms with Crippen molar-refractivity contribution in [1.82, 2.24) is 0 Å². The Morgan fingerprint density at radius 3 is 2.44 bits per heavy atom. The summed E-state index contributed by atoms with van der Waals surface area (Å²) in [6.45, 7) is 0. The van der Waals surface area contributed by atoms with Gasteiger partial charge >= 0.3 is 0 Å². The van der Waals surface area contributed by atoms with Crippen LogP contribution in [0.1, 0.15) is 5.56 Å². The van der Waals surface area contributed by atoms with Gasteiger partial charge in [0.05, 0.1) is 5.56 Å². The van der Waals surface area contributed by atoms with E-state index in [2.05, 4.69) is 0 Å². The first-order chi connectivity index (χ1) is 4.34. The summed E-state index contributed by atoms with van der Waals surface area (Å²) < 4.78 is 12.4. The molecular weight excluding hydrogens is 116 g/mol. The van der Waals surface area contributed by atoms with Crippen LogP contribution in [0.2, 0.25) is 0 Å². The second-order valence-corrected chi connectivity index (χ2v) is 1.59. The van der Waals surface area contributed by atoms with Gasteiger partial charge in [-0.3, -0.25) is 0 Å². The van der Waals surface area contributed by atoms with Crippen molar-refractivity contribution in [3.63, 3.8) is 0 Å². The maximum atomic E-state index is 12.4. The van der Waals surface area contributed by atoms with E-state index in [1.165, 1.54) is 12.1 Å². The first-order valence-corrected chi connectivity index (χ1v) is 2.49. The summed E-state index contributed by atoms with van der Waals surface area (Å²) in [4.78, 5) is 0. The van der Waals surface area contributed by atoms with Crippen molar-refractivity contribution < 1.29 is 4.39 Å². The molecule has 0 atom stereocenters. The minimum absolute atomic E-state index is 0.0949. The fourth-order valence-corrected chi connectivity index (χ4v) is 0.552. The van der Waals surface area contributed by atoms with E-state index in [0.717, 1.165) is 0 Å². The van der Waals surface area contributed by atoms with Crippen LogP contribution in [0.3, 0.4) is 0 Å². The van der Waals surface area contributed by atoms with Crippen LogP contribution in [-0.2, 0) is 0 Å². The van der Waals surface area contributed by atoms with Crippen LogP contribution in [0.15, 0.2) is 24.3 Å². The molecule has 9 heavy (non-hydrogen) atoms. The number of halogens is 1. The van der Waals surface area contributed by atoms with Crippen LogP contribution in [0, 0.1) is 17.1 Å². The third kappa shape index (κ3) is 1.06. The molecule has 0 bridgehead atoms. The molecule has 44 valence electrons. The lowest BCUT2D eigenvalue weighted by atomic mass is 10.2. The third-order valence-corrected chi connectivity index (χ3v) is 0.994. The Morgan fingerprint density at radius 1 is 1.33 bits per heavy atom. The van der Waals surface area contributed by atoms with Crippen LogP contribution in [0.25, 0.3) is 0 Å². The fraction of sp³-hybridized carbons (Fsp3) is 0. The Labute approximate surface area is 52.4 Å². The third-order valence-electron chi connectivity index (χ3n) is 0.994. The van der Waals surface area contributed by atoms with E-state index in [1.54, 1.807) is 18.2 Å². The van der Waals surface area contributed by atoms with Gasteiger partial charge in [-0.15, -0.1) is 0 Å². The van der Waals surface area contributed by atoms with Crippen LogP contribution in [0.4, 0.5) is 4.39 Å². The summed E-state index contributed by atoms with van der Waals surface area (Å²) in [6, 6.07) is 7.60. The van der Waals surface area contributed by atoms with Crippen LogP contribution >= 0.6 is 0 Å². The van der Waals surface area contributed by atoms with Gasteiger partial charge in [-0.05, 0) is 12.1 Å². The molecule has 0 saturated heterocycles. The summed E-state index contributed by atoms with van der Waals surface area (Å²) in [5.74, 6) is -0.458. The second-order valence-electron chi connectivity index (χ2n) is 1.59. The summed E-state index contributed by atoms with van der Waals surface area (Å²) in [5, 5.41) is 8.23. The molecular formula is C7H4FN. The van der Waals surface area contributed by atoms with E-state index in [9.17, 15) is 4.39 Å². The molecule has 1 aromatic carbocycles. The molecule has 0 fully saturated rings. The predicted octanol–water partition coefficient (Wildman–Crippen LogP) is 1.70. The minimum Gasteiger partial charge on any atom is -0.206 e. The summed E-state index contributed by atoms with van der Waals surface area (Å²) in [5.41, 5.74) is 0.0949. The monoisotopic (exact) mass is 120 g/mol. The molecule has 0 heterocycles. The molecule has 1 rings (SSSR count). The van der Waals surface area contributed by atoms with Crippen molar-refractivity contribution in [2.75, 3.05) is 0 Å². The van der Waals surface area contributed by atoms with Gasteiger partial charge in [0.25, 0.3) is 0 Å². The first-order valence-electron chi connectivity index (χ1n) is 2.49. The van der Waals surface area contributed by atoms with Crippen molar-refractivity contribution in [1.29, 1.82) is 5.26 Å². The summed E-state index contributed by atoms with van der Waals surface area (Å²) in [7, 11) is 0. The Hall–Kier alpha value is -1.36. The number of hydrogen-bond donors (Lipinski definition) is 0. The van der Waals surface area contributed by atoms with Gasteiger partial charge in [0.2, 0.25) is 0 Å². The molecule has 1 aromatic rings. The van der Waals surface area contributed by atoms with Crippen molar-refractivity contribution in [2.45, 2.75) is 0 Å². The fourth-order valence-electron chi connectivity index (χ4n) is 0.552. The molecule has 0 aliphatic carbocycles. The number of nitrogens with zero attached hydrogens (tertiary/aromatic N) is 1. The van der Waals surface area contributed by atoms with Gasteiger partial charge in [0.1, 0.15) is 11.9 Å². The maximum Gasteiger partial charge on any atom is 0.140 e. The molecule has 1 nitrogen and oxygen atoms in total. The molecule has 0 saturated carbocycles. The smallest absolute Gasteiger partial charge is 0.140 e. The predicted molar refractivity (Wildman–Crippen MR) is 31.1 cm³/mol. The number of nitriles is 1. The molecule has 0 radical (unpaired) electrons. The van der Waals surface area contributed by atoms with Crippen LogP contribution in [-0.4, -0.2) is 0 Å². The summed E-state index contributed by atoms with van der Waals surface area (Å²) >= 11 is 0. The van der Waals surface area contributed by atoms with E-state index in [0.29, 0.717) is 0 Å². The molecule has 2 heteroatoms. The largest absolute Gasteiger partial charge is 0.206 e.